The molecule has 4 aliphatic rings. The Bertz CT molecular complexity index is 2670. The SMILES string of the molecule is C=CCO[C@@H]1[C@@H](OCC=C)[C@H](C)O[C@@H](O[C@@H]2[C@H](O[C@H]3O[C@H](COCc4ccccc4)[C@@H](OCc4ccccc4)[C@H](OCc4ccccc4)[C@H]3OCc3ccccc3)[C@@H](OCc3ccccc3)[C@H](C)O[C@H]2O)[C@@H]1O[C@@H]1O[C@H](CO)[C@@H](O)[C@H](O)[C@@H]1N. The van der Waals surface area contributed by atoms with Gasteiger partial charge < -0.3 is 92.5 Å². The Labute approximate surface area is 491 Å². The Morgan fingerprint density at radius 2 is 0.810 bits per heavy atom. The molecule has 4 saturated heterocycles. The Kier molecular flexibility index (Phi) is 24.1. The molecule has 84 heavy (non-hydrogen) atoms. The quantitative estimate of drug-likeness (QED) is 0.0355. The van der Waals surface area contributed by atoms with Crippen LogP contribution in [0, 0.1) is 0 Å². The molecule has 5 aromatic carbocycles. The second-order valence-electron chi connectivity index (χ2n) is 21.3. The summed E-state index contributed by atoms with van der Waals surface area (Å²) in [6.45, 7) is 11.5. The van der Waals surface area contributed by atoms with E-state index >= 15 is 0 Å². The van der Waals surface area contributed by atoms with Crippen LogP contribution in [0.3, 0.4) is 0 Å². The van der Waals surface area contributed by atoms with E-state index in [1.54, 1.807) is 26.0 Å². The van der Waals surface area contributed by atoms with Crippen LogP contribution < -0.4 is 5.73 Å². The highest BCUT2D eigenvalue weighted by atomic mass is 16.8. The fourth-order valence-corrected chi connectivity index (χ4v) is 10.8. The summed E-state index contributed by atoms with van der Waals surface area (Å²) in [7, 11) is 0. The lowest BCUT2D eigenvalue weighted by molar-refractivity contribution is -0.403. The van der Waals surface area contributed by atoms with E-state index in [0.29, 0.717) is 0 Å². The number of aliphatic hydroxyl groups is 4. The second kappa shape index (κ2) is 32.0. The standard InChI is InChI=1S/C65H81NO18/c1-5-32-72-53-42(4)79-65(61(56(53)73-33-6-2)84-63-50(66)52(69)51(68)48(34-67)80-63)83-59-58(54(41(3)78-62(59)70)74-36-44-24-14-8-15-25-44)82-64-60(77-39-47-30-20-11-21-31-47)57(76-38-46-28-18-10-19-29-46)55(75-37-45-26-16-9-17-27-45)49(81-64)40-71-35-43-22-12-7-13-23-43/h5-31,41-42,48-65,67-70H,1-2,32-40,66H2,3-4H3/t41-,42-,48+,49+,50-,51+,52+,53-,54-,55+,56+,57-,58+,59+,60+,61+,62+,63-,64+,65-/m0/s1. The van der Waals surface area contributed by atoms with Crippen LogP contribution in [0.25, 0.3) is 0 Å². The predicted molar refractivity (Wildman–Crippen MR) is 306 cm³/mol. The van der Waals surface area contributed by atoms with Crippen LogP contribution in [-0.2, 0) is 99.4 Å². The van der Waals surface area contributed by atoms with Crippen molar-refractivity contribution >= 4 is 0 Å². The monoisotopic (exact) mass is 1160 g/mol. The number of hydrogen-bond acceptors (Lipinski definition) is 19. The summed E-state index contributed by atoms with van der Waals surface area (Å²) >= 11 is 0. The van der Waals surface area contributed by atoms with Gasteiger partial charge in [0.1, 0.15) is 79.4 Å². The molecule has 5 aromatic rings. The van der Waals surface area contributed by atoms with Gasteiger partial charge in [0.05, 0.1) is 77.7 Å². The zero-order chi connectivity index (χ0) is 58.8. The molecule has 4 fully saturated rings. The van der Waals surface area contributed by atoms with Gasteiger partial charge in [0.25, 0.3) is 0 Å². The van der Waals surface area contributed by atoms with Crippen LogP contribution in [0.1, 0.15) is 41.7 Å². The zero-order valence-electron chi connectivity index (χ0n) is 47.5. The average Bonchev–Trinajstić information content (AvgIpc) is 2.26. The molecule has 0 aromatic heterocycles. The van der Waals surface area contributed by atoms with Gasteiger partial charge in [0.2, 0.25) is 0 Å². The van der Waals surface area contributed by atoms with Crippen molar-refractivity contribution < 1.29 is 86.7 Å². The molecule has 4 aliphatic heterocycles. The van der Waals surface area contributed by atoms with Gasteiger partial charge in [-0.2, -0.15) is 0 Å². The van der Waals surface area contributed by atoms with E-state index in [1.807, 2.05) is 152 Å². The first-order chi connectivity index (χ1) is 41.0. The van der Waals surface area contributed by atoms with E-state index in [-0.39, 0.29) is 52.9 Å². The molecule has 20 atom stereocenters. The second-order valence-corrected chi connectivity index (χ2v) is 21.3. The van der Waals surface area contributed by atoms with E-state index in [2.05, 4.69) is 13.2 Å². The fourth-order valence-electron chi connectivity index (χ4n) is 10.8. The van der Waals surface area contributed by atoms with E-state index in [0.717, 1.165) is 27.8 Å². The third-order valence-electron chi connectivity index (χ3n) is 15.2. The molecule has 6 N–H and O–H groups in total. The van der Waals surface area contributed by atoms with Crippen LogP contribution in [0.15, 0.2) is 177 Å². The minimum Gasteiger partial charge on any atom is -0.394 e. The van der Waals surface area contributed by atoms with E-state index in [1.165, 1.54) is 0 Å². The minimum atomic E-state index is -1.73. The Morgan fingerprint density at radius 1 is 0.417 bits per heavy atom. The van der Waals surface area contributed by atoms with E-state index in [9.17, 15) is 20.4 Å². The van der Waals surface area contributed by atoms with Crippen LogP contribution in [-0.4, -0.2) is 170 Å². The van der Waals surface area contributed by atoms with Crippen molar-refractivity contribution in [2.45, 2.75) is 170 Å². The zero-order valence-corrected chi connectivity index (χ0v) is 47.5. The highest BCUT2D eigenvalue weighted by Gasteiger charge is 2.57. The first-order valence-electron chi connectivity index (χ1n) is 28.7. The van der Waals surface area contributed by atoms with Crippen LogP contribution in [0.5, 0.6) is 0 Å². The van der Waals surface area contributed by atoms with Crippen molar-refractivity contribution in [3.8, 4) is 0 Å². The number of benzene rings is 5. The lowest BCUT2D eigenvalue weighted by atomic mass is 9.95. The number of aliphatic hydroxyl groups excluding tert-OH is 4. The summed E-state index contributed by atoms with van der Waals surface area (Å²) in [5.74, 6) is 0. The van der Waals surface area contributed by atoms with Gasteiger partial charge in [0.15, 0.2) is 25.2 Å². The van der Waals surface area contributed by atoms with Crippen LogP contribution >= 0.6 is 0 Å². The molecule has 0 amide bonds. The smallest absolute Gasteiger partial charge is 0.187 e. The molecule has 0 spiro atoms. The van der Waals surface area contributed by atoms with E-state index in [4.69, 9.17) is 72.0 Å². The number of ether oxygens (including phenoxy) is 14. The minimum absolute atomic E-state index is 0.00704. The summed E-state index contributed by atoms with van der Waals surface area (Å²) < 4.78 is 94.6. The molecule has 0 saturated carbocycles. The van der Waals surface area contributed by atoms with Gasteiger partial charge in [-0.05, 0) is 41.7 Å². The van der Waals surface area contributed by atoms with Crippen LogP contribution in [0.4, 0.5) is 0 Å². The maximum atomic E-state index is 12.4. The third-order valence-corrected chi connectivity index (χ3v) is 15.2. The lowest BCUT2D eigenvalue weighted by Gasteiger charge is -2.51. The van der Waals surface area contributed by atoms with Gasteiger partial charge >= 0.3 is 0 Å². The van der Waals surface area contributed by atoms with Crippen molar-refractivity contribution in [3.05, 3.63) is 205 Å². The summed E-state index contributed by atoms with van der Waals surface area (Å²) in [6, 6.07) is 47.3. The van der Waals surface area contributed by atoms with Crippen molar-refractivity contribution in [1.29, 1.82) is 0 Å². The molecule has 454 valence electrons. The van der Waals surface area contributed by atoms with E-state index < -0.39 is 129 Å². The van der Waals surface area contributed by atoms with Gasteiger partial charge in [-0.1, -0.05) is 164 Å². The molecular formula is C65H81NO18. The number of hydrogen-bond donors (Lipinski definition) is 5. The van der Waals surface area contributed by atoms with Crippen molar-refractivity contribution in [1.82, 2.24) is 0 Å². The predicted octanol–water partition coefficient (Wildman–Crippen LogP) is 5.82. The number of nitrogens with two attached hydrogens (primary N) is 1. The van der Waals surface area contributed by atoms with Gasteiger partial charge in [-0.15, -0.1) is 13.2 Å². The molecule has 0 unspecified atom stereocenters. The summed E-state index contributed by atoms with van der Waals surface area (Å²) in [4.78, 5) is 0. The Morgan fingerprint density at radius 3 is 1.32 bits per heavy atom. The molecular weight excluding hydrogens is 1080 g/mol. The maximum Gasteiger partial charge on any atom is 0.187 e. The average molecular weight is 1160 g/mol. The summed E-state index contributed by atoms with van der Waals surface area (Å²) in [6.07, 6.45) is -19.6. The molecule has 0 bridgehead atoms. The van der Waals surface area contributed by atoms with Crippen molar-refractivity contribution in [2.24, 2.45) is 5.73 Å². The number of rotatable bonds is 29. The fraction of sp³-hybridized carbons (Fsp3) is 0.477. The van der Waals surface area contributed by atoms with Crippen molar-refractivity contribution in [2.75, 3.05) is 26.4 Å². The van der Waals surface area contributed by atoms with Gasteiger partial charge in [-0.25, -0.2) is 0 Å². The molecule has 0 radical (unpaired) electrons. The van der Waals surface area contributed by atoms with Gasteiger partial charge in [0, 0.05) is 0 Å². The normalized spacial score (nSPS) is 33.5. The highest BCUT2D eigenvalue weighted by molar-refractivity contribution is 5.18. The first kappa shape index (κ1) is 63.3. The van der Waals surface area contributed by atoms with Crippen molar-refractivity contribution in [3.63, 3.8) is 0 Å². The largest absolute Gasteiger partial charge is 0.394 e. The Hall–Kier alpha value is -5.18. The Balaban J connectivity index is 1.13. The third kappa shape index (κ3) is 16.7. The lowest BCUT2D eigenvalue weighted by Crippen LogP contribution is -2.68. The molecule has 0 aliphatic carbocycles. The summed E-state index contributed by atoms with van der Waals surface area (Å²) in [5, 5.41) is 44.6. The first-order valence-corrected chi connectivity index (χ1v) is 28.7. The molecule has 9 rings (SSSR count). The van der Waals surface area contributed by atoms with Gasteiger partial charge in [-0.3, -0.25) is 0 Å². The molecule has 19 nitrogen and oxygen atoms in total. The molecule has 4 heterocycles. The highest BCUT2D eigenvalue weighted by Crippen LogP contribution is 2.39. The van der Waals surface area contributed by atoms with Crippen LogP contribution in [0.2, 0.25) is 0 Å². The maximum absolute atomic E-state index is 12.4. The summed E-state index contributed by atoms with van der Waals surface area (Å²) in [5.41, 5.74) is 11.0. The molecule has 19 heteroatoms. The topological polar surface area (TPSA) is 236 Å².